The van der Waals surface area contributed by atoms with Crippen molar-refractivity contribution < 1.29 is 23.7 Å². The van der Waals surface area contributed by atoms with Crippen molar-refractivity contribution >= 4 is 5.78 Å². The van der Waals surface area contributed by atoms with E-state index in [2.05, 4.69) is 0 Å². The molecule has 0 aromatic heterocycles. The lowest BCUT2D eigenvalue weighted by atomic mass is 10.0. The molecule has 2 aliphatic heterocycles. The van der Waals surface area contributed by atoms with Crippen LogP contribution in [0.4, 0.5) is 0 Å². The third kappa shape index (κ3) is 2.07. The van der Waals surface area contributed by atoms with Crippen LogP contribution in [0.25, 0.3) is 0 Å². The Morgan fingerprint density at radius 2 is 1.24 bits per heavy atom. The number of hydrogen-bond acceptors (Lipinski definition) is 5. The lowest BCUT2D eigenvalue weighted by molar-refractivity contribution is 0.103. The van der Waals surface area contributed by atoms with Crippen LogP contribution in [0, 0.1) is 0 Å². The molecule has 0 aliphatic carbocycles. The first kappa shape index (κ1) is 12.1. The number of fused-ring (bicyclic) bond motifs is 2. The van der Waals surface area contributed by atoms with Crippen LogP contribution in [0.3, 0.4) is 0 Å². The summed E-state index contributed by atoms with van der Waals surface area (Å²) in [4.78, 5) is 12.5. The number of carbonyl (C=O) groups excluding carboxylic acids is 1. The topological polar surface area (TPSA) is 54.0 Å². The van der Waals surface area contributed by atoms with Crippen LogP contribution < -0.4 is 18.9 Å². The first-order valence-electron chi connectivity index (χ1n) is 6.65. The summed E-state index contributed by atoms with van der Waals surface area (Å²) in [5.74, 6) is 2.44. The number of hydrogen-bond donors (Lipinski definition) is 0. The smallest absolute Gasteiger partial charge is 0.231 e. The quantitative estimate of drug-likeness (QED) is 0.793. The second-order valence-corrected chi connectivity index (χ2v) is 4.76. The molecule has 2 aromatic carbocycles. The molecule has 5 heteroatoms. The fourth-order valence-electron chi connectivity index (χ4n) is 2.39. The van der Waals surface area contributed by atoms with Crippen molar-refractivity contribution in [1.29, 1.82) is 0 Å². The average Bonchev–Trinajstić information content (AvgIpc) is 3.01. The van der Waals surface area contributed by atoms with Gasteiger partial charge >= 0.3 is 0 Å². The van der Waals surface area contributed by atoms with Crippen molar-refractivity contribution in [3.63, 3.8) is 0 Å². The fraction of sp³-hybridized carbons (Fsp3) is 0.188. The third-order valence-electron chi connectivity index (χ3n) is 3.44. The van der Waals surface area contributed by atoms with Crippen molar-refractivity contribution in [2.24, 2.45) is 0 Å². The largest absolute Gasteiger partial charge is 0.486 e. The fourth-order valence-corrected chi connectivity index (χ4v) is 2.39. The molecule has 0 bridgehead atoms. The molecule has 2 aromatic rings. The molecule has 0 amide bonds. The zero-order valence-corrected chi connectivity index (χ0v) is 11.1. The molecular formula is C16H12O5. The van der Waals surface area contributed by atoms with Crippen molar-refractivity contribution in [3.05, 3.63) is 47.5 Å². The van der Waals surface area contributed by atoms with E-state index in [-0.39, 0.29) is 12.6 Å². The van der Waals surface area contributed by atoms with Crippen LogP contribution >= 0.6 is 0 Å². The summed E-state index contributed by atoms with van der Waals surface area (Å²) >= 11 is 0. The summed E-state index contributed by atoms with van der Waals surface area (Å²) in [5.41, 5.74) is 1.11. The zero-order chi connectivity index (χ0) is 14.2. The molecule has 2 heterocycles. The second-order valence-electron chi connectivity index (χ2n) is 4.76. The Hall–Kier alpha value is -2.69. The van der Waals surface area contributed by atoms with Gasteiger partial charge in [-0.15, -0.1) is 0 Å². The Balaban J connectivity index is 1.68. The van der Waals surface area contributed by atoms with E-state index in [1.165, 1.54) is 0 Å². The molecule has 5 nitrogen and oxygen atoms in total. The molecule has 0 atom stereocenters. The maximum absolute atomic E-state index is 12.5. The number of ether oxygens (including phenoxy) is 4. The highest BCUT2D eigenvalue weighted by Crippen LogP contribution is 2.34. The molecular weight excluding hydrogens is 272 g/mol. The van der Waals surface area contributed by atoms with Gasteiger partial charge in [0.25, 0.3) is 0 Å². The standard InChI is InChI=1S/C16H12O5/c17-16(11-2-4-13-15(8-11)21-9-20-13)10-1-3-12-14(7-10)19-6-5-18-12/h1-4,7-8H,5-6,9H2. The number of ketones is 1. The van der Waals surface area contributed by atoms with Gasteiger partial charge in [-0.05, 0) is 36.4 Å². The minimum atomic E-state index is -0.0923. The minimum absolute atomic E-state index is 0.0923. The van der Waals surface area contributed by atoms with Crippen molar-refractivity contribution in [2.75, 3.05) is 20.0 Å². The van der Waals surface area contributed by atoms with Gasteiger partial charge in [-0.3, -0.25) is 4.79 Å². The van der Waals surface area contributed by atoms with Crippen molar-refractivity contribution in [3.8, 4) is 23.0 Å². The maximum atomic E-state index is 12.5. The number of benzene rings is 2. The molecule has 2 aliphatic rings. The Bertz CT molecular complexity index is 723. The van der Waals surface area contributed by atoms with E-state index in [1.54, 1.807) is 36.4 Å². The van der Waals surface area contributed by atoms with E-state index in [9.17, 15) is 4.79 Å². The van der Waals surface area contributed by atoms with Crippen LogP contribution in [0.15, 0.2) is 36.4 Å². The summed E-state index contributed by atoms with van der Waals surface area (Å²) in [6.07, 6.45) is 0. The van der Waals surface area contributed by atoms with Gasteiger partial charge in [0.2, 0.25) is 6.79 Å². The van der Waals surface area contributed by atoms with Crippen molar-refractivity contribution in [2.45, 2.75) is 0 Å². The molecule has 0 saturated carbocycles. The Labute approximate surface area is 121 Å². The molecule has 0 fully saturated rings. The van der Waals surface area contributed by atoms with E-state index in [0.29, 0.717) is 47.3 Å². The summed E-state index contributed by atoms with van der Waals surface area (Å²) in [5, 5.41) is 0. The average molecular weight is 284 g/mol. The molecule has 0 unspecified atom stereocenters. The van der Waals surface area contributed by atoms with E-state index in [1.807, 2.05) is 0 Å². The highest BCUT2D eigenvalue weighted by atomic mass is 16.7. The highest BCUT2D eigenvalue weighted by Gasteiger charge is 2.19. The minimum Gasteiger partial charge on any atom is -0.486 e. The van der Waals surface area contributed by atoms with Gasteiger partial charge in [-0.25, -0.2) is 0 Å². The maximum Gasteiger partial charge on any atom is 0.231 e. The summed E-state index contributed by atoms with van der Waals surface area (Å²) < 4.78 is 21.5. The summed E-state index contributed by atoms with van der Waals surface area (Å²) in [7, 11) is 0. The van der Waals surface area contributed by atoms with Gasteiger partial charge < -0.3 is 18.9 Å². The molecule has 4 rings (SSSR count). The number of carbonyl (C=O) groups is 1. The first-order chi connectivity index (χ1) is 10.3. The monoisotopic (exact) mass is 284 g/mol. The molecule has 106 valence electrons. The Morgan fingerprint density at radius 1 is 0.714 bits per heavy atom. The van der Waals surface area contributed by atoms with E-state index in [4.69, 9.17) is 18.9 Å². The third-order valence-corrected chi connectivity index (χ3v) is 3.44. The van der Waals surface area contributed by atoms with Crippen molar-refractivity contribution in [1.82, 2.24) is 0 Å². The SMILES string of the molecule is O=C(c1ccc2c(c1)OCCO2)c1ccc2c(c1)OCO2. The normalized spacial score (nSPS) is 14.9. The van der Waals surface area contributed by atoms with E-state index >= 15 is 0 Å². The van der Waals surface area contributed by atoms with Crippen LogP contribution in [-0.2, 0) is 0 Å². The molecule has 21 heavy (non-hydrogen) atoms. The molecule has 0 radical (unpaired) electrons. The molecule has 0 spiro atoms. The zero-order valence-electron chi connectivity index (χ0n) is 11.1. The van der Waals surface area contributed by atoms with Gasteiger partial charge in [-0.2, -0.15) is 0 Å². The van der Waals surface area contributed by atoms with Gasteiger partial charge in [0.15, 0.2) is 28.8 Å². The second kappa shape index (κ2) is 4.70. The van der Waals surface area contributed by atoms with Gasteiger partial charge in [0, 0.05) is 11.1 Å². The van der Waals surface area contributed by atoms with Gasteiger partial charge in [0.05, 0.1) is 0 Å². The van der Waals surface area contributed by atoms with E-state index < -0.39 is 0 Å². The van der Waals surface area contributed by atoms with Crippen LogP contribution in [0.1, 0.15) is 15.9 Å². The van der Waals surface area contributed by atoms with Crippen LogP contribution in [-0.4, -0.2) is 25.8 Å². The van der Waals surface area contributed by atoms with Crippen LogP contribution in [0.5, 0.6) is 23.0 Å². The van der Waals surface area contributed by atoms with Gasteiger partial charge in [-0.1, -0.05) is 0 Å². The van der Waals surface area contributed by atoms with E-state index in [0.717, 1.165) is 0 Å². The van der Waals surface area contributed by atoms with Crippen LogP contribution in [0.2, 0.25) is 0 Å². The lowest BCUT2D eigenvalue weighted by Crippen LogP contribution is -2.15. The predicted molar refractivity (Wildman–Crippen MR) is 73.4 cm³/mol. The highest BCUT2D eigenvalue weighted by molar-refractivity contribution is 6.09. The number of rotatable bonds is 2. The molecule has 0 N–H and O–H groups in total. The summed E-state index contributed by atoms with van der Waals surface area (Å²) in [6, 6.07) is 10.4. The van der Waals surface area contributed by atoms with Gasteiger partial charge in [0.1, 0.15) is 13.2 Å². The Kier molecular flexibility index (Phi) is 2.70. The summed E-state index contributed by atoms with van der Waals surface area (Å²) in [6.45, 7) is 1.22. The first-order valence-corrected chi connectivity index (χ1v) is 6.65. The Morgan fingerprint density at radius 3 is 1.95 bits per heavy atom. The molecule has 0 saturated heterocycles. The lowest BCUT2D eigenvalue weighted by Gasteiger charge is -2.18. The predicted octanol–water partition coefficient (Wildman–Crippen LogP) is 2.42.